The smallest absolute Gasteiger partial charge is 0.244 e. The molecule has 6 heteroatoms. The monoisotopic (exact) mass is 423 g/mol. The fraction of sp³-hybridized carbons (Fsp3) is 0.320. The van der Waals surface area contributed by atoms with Gasteiger partial charge in [-0.1, -0.05) is 12.1 Å². The number of rotatable bonds is 9. The van der Waals surface area contributed by atoms with Crippen molar-refractivity contribution < 1.29 is 23.4 Å². The molecule has 1 amide bonds. The highest BCUT2D eigenvalue weighted by Gasteiger charge is 2.18. The molecule has 0 spiro atoms. The van der Waals surface area contributed by atoms with Gasteiger partial charge in [0.1, 0.15) is 17.1 Å². The van der Waals surface area contributed by atoms with Crippen molar-refractivity contribution in [2.75, 3.05) is 34.0 Å². The Kier molecular flexibility index (Phi) is 7.36. The van der Waals surface area contributed by atoms with Gasteiger partial charge in [-0.15, -0.1) is 0 Å². The van der Waals surface area contributed by atoms with Crippen LogP contribution in [-0.2, 0) is 9.53 Å². The first kappa shape index (κ1) is 22.4. The molecule has 2 aromatic carbocycles. The first-order valence-corrected chi connectivity index (χ1v) is 10.3. The van der Waals surface area contributed by atoms with Crippen molar-refractivity contribution in [3.63, 3.8) is 0 Å². The summed E-state index contributed by atoms with van der Waals surface area (Å²) >= 11 is 0. The molecule has 0 saturated carbocycles. The zero-order valence-corrected chi connectivity index (χ0v) is 18.7. The molecule has 3 aromatic rings. The molecule has 6 nitrogen and oxygen atoms in total. The molecule has 1 aromatic heterocycles. The number of nitrogens with one attached hydrogen (secondary N) is 1. The lowest BCUT2D eigenvalue weighted by Gasteiger charge is -2.13. The van der Waals surface area contributed by atoms with Crippen molar-refractivity contribution in [1.29, 1.82) is 0 Å². The maximum absolute atomic E-state index is 12.3. The Balaban J connectivity index is 2.04. The maximum Gasteiger partial charge on any atom is 0.244 e. The number of hydrogen-bond donors (Lipinski definition) is 1. The van der Waals surface area contributed by atoms with E-state index < -0.39 is 0 Å². The molecule has 1 N–H and O–H groups in total. The van der Waals surface area contributed by atoms with Gasteiger partial charge < -0.3 is 23.9 Å². The fourth-order valence-corrected chi connectivity index (χ4v) is 3.59. The van der Waals surface area contributed by atoms with Crippen molar-refractivity contribution in [1.82, 2.24) is 5.32 Å². The minimum atomic E-state index is -0.173. The van der Waals surface area contributed by atoms with E-state index in [4.69, 9.17) is 18.6 Å². The second-order valence-corrected chi connectivity index (χ2v) is 7.18. The second-order valence-electron chi connectivity index (χ2n) is 7.18. The summed E-state index contributed by atoms with van der Waals surface area (Å²) in [6, 6.07) is 9.95. The van der Waals surface area contributed by atoms with Gasteiger partial charge in [-0.25, -0.2) is 0 Å². The van der Waals surface area contributed by atoms with Gasteiger partial charge in [0.05, 0.1) is 26.6 Å². The number of hydrogen-bond acceptors (Lipinski definition) is 5. The minimum Gasteiger partial charge on any atom is -0.496 e. The Labute approximate surface area is 182 Å². The average Bonchev–Trinajstić information content (AvgIpc) is 3.19. The van der Waals surface area contributed by atoms with Crippen LogP contribution < -0.4 is 14.8 Å². The summed E-state index contributed by atoms with van der Waals surface area (Å²) in [7, 11) is 3.23. The number of allylic oxidation sites excluding steroid dienone is 1. The number of benzene rings is 2. The Morgan fingerprint density at radius 2 is 1.94 bits per heavy atom. The van der Waals surface area contributed by atoms with E-state index in [2.05, 4.69) is 5.32 Å². The molecule has 0 bridgehead atoms. The van der Waals surface area contributed by atoms with Crippen LogP contribution in [0.15, 0.2) is 47.1 Å². The van der Waals surface area contributed by atoms with Gasteiger partial charge >= 0.3 is 0 Å². The summed E-state index contributed by atoms with van der Waals surface area (Å²) in [5.41, 5.74) is 5.30. The highest BCUT2D eigenvalue weighted by atomic mass is 16.5. The largest absolute Gasteiger partial charge is 0.496 e. The Morgan fingerprint density at radius 1 is 1.19 bits per heavy atom. The van der Waals surface area contributed by atoms with Crippen LogP contribution in [0.2, 0.25) is 0 Å². The lowest BCUT2D eigenvalue weighted by Crippen LogP contribution is -2.25. The van der Waals surface area contributed by atoms with E-state index in [-0.39, 0.29) is 5.91 Å². The minimum absolute atomic E-state index is 0.173. The predicted molar refractivity (Wildman–Crippen MR) is 123 cm³/mol. The van der Waals surface area contributed by atoms with E-state index in [1.807, 2.05) is 51.1 Å². The molecule has 0 fully saturated rings. The Morgan fingerprint density at radius 3 is 2.58 bits per heavy atom. The number of ether oxygens (including phenoxy) is 3. The number of carbonyl (C=O) groups is 1. The van der Waals surface area contributed by atoms with Crippen LogP contribution in [-0.4, -0.2) is 39.9 Å². The van der Waals surface area contributed by atoms with Crippen LogP contribution in [0, 0.1) is 6.92 Å². The van der Waals surface area contributed by atoms with Gasteiger partial charge in [0.25, 0.3) is 0 Å². The fourth-order valence-electron chi connectivity index (χ4n) is 3.59. The van der Waals surface area contributed by atoms with E-state index in [0.29, 0.717) is 25.5 Å². The van der Waals surface area contributed by atoms with Gasteiger partial charge in [-0.3, -0.25) is 4.79 Å². The van der Waals surface area contributed by atoms with E-state index in [0.717, 1.165) is 44.5 Å². The van der Waals surface area contributed by atoms with Gasteiger partial charge in [0, 0.05) is 41.8 Å². The second kappa shape index (κ2) is 10.2. The molecule has 0 atom stereocenters. The predicted octanol–water partition coefficient (Wildman–Crippen LogP) is 4.98. The van der Waals surface area contributed by atoms with Crippen molar-refractivity contribution in [2.45, 2.75) is 20.8 Å². The molecule has 1 heterocycles. The first-order valence-electron chi connectivity index (χ1n) is 10.3. The van der Waals surface area contributed by atoms with Crippen LogP contribution in [0.4, 0.5) is 0 Å². The van der Waals surface area contributed by atoms with Crippen LogP contribution >= 0.6 is 0 Å². The third-order valence-corrected chi connectivity index (χ3v) is 5.10. The van der Waals surface area contributed by atoms with Crippen molar-refractivity contribution in [2.24, 2.45) is 0 Å². The van der Waals surface area contributed by atoms with Gasteiger partial charge in [-0.2, -0.15) is 0 Å². The number of methoxy groups -OCH3 is 2. The molecule has 0 aliphatic rings. The highest BCUT2D eigenvalue weighted by molar-refractivity contribution is 6.01. The summed E-state index contributed by atoms with van der Waals surface area (Å²) < 4.78 is 22.1. The zero-order valence-electron chi connectivity index (χ0n) is 18.7. The van der Waals surface area contributed by atoms with E-state index in [1.165, 1.54) is 0 Å². The van der Waals surface area contributed by atoms with Crippen molar-refractivity contribution in [3.8, 4) is 22.6 Å². The van der Waals surface area contributed by atoms with E-state index in [9.17, 15) is 4.79 Å². The molecule has 0 saturated heterocycles. The van der Waals surface area contributed by atoms with Gasteiger partial charge in [0.15, 0.2) is 0 Å². The summed E-state index contributed by atoms with van der Waals surface area (Å²) in [5.74, 6) is 1.35. The first-order chi connectivity index (χ1) is 15.0. The average molecular weight is 424 g/mol. The zero-order chi connectivity index (χ0) is 22.4. The third kappa shape index (κ3) is 4.91. The van der Waals surface area contributed by atoms with Crippen molar-refractivity contribution >= 4 is 22.4 Å². The number of fused-ring (bicyclic) bond motifs is 1. The number of aryl methyl sites for hydroxylation is 1. The summed E-state index contributed by atoms with van der Waals surface area (Å²) in [4.78, 5) is 12.3. The topological polar surface area (TPSA) is 69.9 Å². The molecular weight excluding hydrogens is 394 g/mol. The van der Waals surface area contributed by atoms with Crippen LogP contribution in [0.1, 0.15) is 25.0 Å². The SMILES string of the molecule is CCOc1ccc(-c2coc3c(C)c(OC)c(/C(C)=C/C(=O)NCCOC)cc23)cc1. The van der Waals surface area contributed by atoms with Crippen LogP contribution in [0.3, 0.4) is 0 Å². The van der Waals surface area contributed by atoms with Crippen molar-refractivity contribution in [3.05, 3.63) is 53.8 Å². The summed E-state index contributed by atoms with van der Waals surface area (Å²) in [5, 5.41) is 3.77. The molecule has 0 aliphatic carbocycles. The van der Waals surface area contributed by atoms with Gasteiger partial charge in [-0.05, 0) is 50.1 Å². The molecule has 3 rings (SSSR count). The summed E-state index contributed by atoms with van der Waals surface area (Å²) in [6.07, 6.45) is 3.34. The van der Waals surface area contributed by atoms with Gasteiger partial charge in [0.2, 0.25) is 5.91 Å². The number of amides is 1. The van der Waals surface area contributed by atoms with Crippen LogP contribution in [0.25, 0.3) is 27.7 Å². The Hall–Kier alpha value is -3.25. The number of carbonyl (C=O) groups excluding carboxylic acids is 1. The normalized spacial score (nSPS) is 11.6. The number of furan rings is 1. The molecule has 31 heavy (non-hydrogen) atoms. The lowest BCUT2D eigenvalue weighted by atomic mass is 9.96. The quantitative estimate of drug-likeness (QED) is 0.388. The molecule has 0 radical (unpaired) electrons. The molecule has 0 unspecified atom stereocenters. The molecule has 164 valence electrons. The molecule has 0 aliphatic heterocycles. The Bertz CT molecular complexity index is 1080. The van der Waals surface area contributed by atoms with Crippen LogP contribution in [0.5, 0.6) is 11.5 Å². The standard InChI is InChI=1S/C25H29NO5/c1-6-30-19-9-7-18(8-10-19)22-15-31-25-17(3)24(29-5)20(14-21(22)25)16(2)13-23(27)26-11-12-28-4/h7-10,13-15H,6,11-12H2,1-5H3,(H,26,27)/b16-13+. The highest BCUT2D eigenvalue weighted by Crippen LogP contribution is 2.40. The maximum atomic E-state index is 12.3. The van der Waals surface area contributed by atoms with E-state index >= 15 is 0 Å². The van der Waals surface area contributed by atoms with E-state index in [1.54, 1.807) is 26.6 Å². The molecular formula is C25H29NO5. The third-order valence-electron chi connectivity index (χ3n) is 5.10. The lowest BCUT2D eigenvalue weighted by molar-refractivity contribution is -0.116. The summed E-state index contributed by atoms with van der Waals surface area (Å²) in [6.45, 7) is 7.37.